The SMILES string of the molecule is CC(C)(C)c1ccc2c(c1)c1cc(C(C)(C)C)ccc1n2-c1ccc2c(c1)N(c1c(-c3ccccc3)cccc1-c1ccccc1)c1cc(-c3ccccc3)cc3c1B2c1c(cc(-n2c4ccc(C(C)(C)C)cc4c4cc(C(C)(C)C)ccc42)c2c1oc1ccccc12)N3c1c(-c2ccccc2)cccc1-c1ccccc1. The Kier molecular flexibility index (Phi) is 15.6. The van der Waals surface area contributed by atoms with Crippen molar-refractivity contribution in [2.75, 3.05) is 9.80 Å². The molecule has 0 atom stereocenters. The summed E-state index contributed by atoms with van der Waals surface area (Å²) in [5.41, 5.74) is 34.2. The van der Waals surface area contributed by atoms with Gasteiger partial charge in [-0.1, -0.05) is 320 Å². The van der Waals surface area contributed by atoms with Crippen molar-refractivity contribution in [3.05, 3.63) is 344 Å². The van der Waals surface area contributed by atoms with Crippen molar-refractivity contribution in [3.63, 3.8) is 0 Å². The molecule has 112 heavy (non-hydrogen) atoms. The lowest BCUT2D eigenvalue weighted by Crippen LogP contribution is -2.61. The van der Waals surface area contributed by atoms with E-state index >= 15 is 0 Å². The molecule has 0 N–H and O–H groups in total. The van der Waals surface area contributed by atoms with Gasteiger partial charge in [0.15, 0.2) is 0 Å². The minimum atomic E-state index is -0.421. The lowest BCUT2D eigenvalue weighted by atomic mass is 9.33. The first-order valence-corrected chi connectivity index (χ1v) is 39.7. The molecule has 15 aromatic carbocycles. The van der Waals surface area contributed by atoms with Crippen molar-refractivity contribution in [3.8, 4) is 67.0 Å². The molecule has 2 aliphatic heterocycles. The number of hydrogen-bond acceptors (Lipinski definition) is 3. The fraction of sp³-hybridized carbons (Fsp3) is 0.151. The van der Waals surface area contributed by atoms with E-state index in [0.717, 1.165) is 156 Å². The predicted octanol–water partition coefficient (Wildman–Crippen LogP) is 27.4. The molecule has 0 radical (unpaired) electrons. The molecule has 20 rings (SSSR count). The Morgan fingerprint density at radius 1 is 0.259 bits per heavy atom. The number of hydrogen-bond donors (Lipinski definition) is 0. The van der Waals surface area contributed by atoms with E-state index in [1.807, 2.05) is 0 Å². The van der Waals surface area contributed by atoms with Crippen LogP contribution in [0.15, 0.2) is 326 Å². The molecular formula is C106H89BN4O. The van der Waals surface area contributed by atoms with Gasteiger partial charge in [-0.25, -0.2) is 0 Å². The van der Waals surface area contributed by atoms with Gasteiger partial charge in [0.2, 0.25) is 0 Å². The van der Waals surface area contributed by atoms with Crippen LogP contribution in [-0.2, 0) is 21.7 Å². The smallest absolute Gasteiger partial charge is 0.257 e. The van der Waals surface area contributed by atoms with Gasteiger partial charge >= 0.3 is 0 Å². The van der Waals surface area contributed by atoms with Gasteiger partial charge in [-0.15, -0.1) is 0 Å². The molecule has 18 aromatic rings. The van der Waals surface area contributed by atoms with Crippen molar-refractivity contribution >= 4 is 123 Å². The van der Waals surface area contributed by atoms with Crippen LogP contribution in [0, 0.1) is 0 Å². The summed E-state index contributed by atoms with van der Waals surface area (Å²) in [6, 6.07) is 122. The molecule has 0 saturated carbocycles. The zero-order valence-corrected chi connectivity index (χ0v) is 65.9. The first-order valence-electron chi connectivity index (χ1n) is 39.7. The largest absolute Gasteiger partial charge is 0.456 e. The molecule has 0 unspecified atom stereocenters. The van der Waals surface area contributed by atoms with Gasteiger partial charge < -0.3 is 23.4 Å². The van der Waals surface area contributed by atoms with E-state index < -0.39 is 6.71 Å². The van der Waals surface area contributed by atoms with Crippen LogP contribution in [0.2, 0.25) is 0 Å². The fourth-order valence-electron chi connectivity index (χ4n) is 18.3. The highest BCUT2D eigenvalue weighted by Gasteiger charge is 2.48. The molecular weight excluding hydrogens is 1360 g/mol. The maximum Gasteiger partial charge on any atom is 0.257 e. The standard InChI is InChI=1S/C106H89BN4O/c1-103(2,3)72-48-54-87-82(60-72)83-61-73(104(4,5)6)49-55-88(83)108(87)76-52-53-86-91(64-76)110(100-77(67-34-20-14-21-35-67)43-30-44-78(100)68-36-22-15-23-37-68)93-58-71(66-32-18-13-19-33-66)59-94-98(93)107(86)99-95(111(94)101-79(69-38-24-16-25-39-69)45-31-46-80(101)70-40-26-17-27-41-70)65-92(97-81-42-28-29-47-96(81)112-102(97)99)109-89-56-50-74(105(7,8)9)62-84(89)85-63-75(106(10,11)12)51-57-90(85)109/h13-65H,1-12H3. The number of benzene rings is 15. The zero-order valence-electron chi connectivity index (χ0n) is 65.9. The number of furan rings is 1. The molecule has 0 aliphatic carbocycles. The molecule has 0 amide bonds. The third-order valence-corrected chi connectivity index (χ3v) is 24.1. The van der Waals surface area contributed by atoms with Crippen LogP contribution in [0.1, 0.15) is 105 Å². The number of nitrogens with zero attached hydrogens (tertiary/aromatic N) is 4. The van der Waals surface area contributed by atoms with Crippen LogP contribution in [0.5, 0.6) is 0 Å². The fourth-order valence-corrected chi connectivity index (χ4v) is 18.3. The summed E-state index contributed by atoms with van der Waals surface area (Å²) in [5, 5.41) is 7.06. The molecule has 0 saturated heterocycles. The minimum absolute atomic E-state index is 0.0790. The first-order chi connectivity index (χ1) is 54.1. The van der Waals surface area contributed by atoms with Crippen LogP contribution < -0.4 is 26.2 Å². The van der Waals surface area contributed by atoms with E-state index in [0.29, 0.717) is 0 Å². The summed E-state index contributed by atoms with van der Waals surface area (Å²) in [7, 11) is 0. The van der Waals surface area contributed by atoms with Crippen LogP contribution in [-0.4, -0.2) is 15.8 Å². The third kappa shape index (κ3) is 10.9. The van der Waals surface area contributed by atoms with E-state index in [4.69, 9.17) is 4.42 Å². The van der Waals surface area contributed by atoms with Gasteiger partial charge in [0.25, 0.3) is 6.71 Å². The molecule has 0 spiro atoms. The molecule has 5 nitrogen and oxygen atoms in total. The normalized spacial score (nSPS) is 13.1. The molecule has 2 aliphatic rings. The Hall–Kier alpha value is -12.6. The zero-order chi connectivity index (χ0) is 76.4. The highest BCUT2D eigenvalue weighted by atomic mass is 16.3. The molecule has 0 fully saturated rings. The van der Waals surface area contributed by atoms with Crippen molar-refractivity contribution in [2.45, 2.75) is 105 Å². The summed E-state index contributed by atoms with van der Waals surface area (Å²) in [6.07, 6.45) is 0. The number of rotatable bonds is 9. The van der Waals surface area contributed by atoms with E-state index in [-0.39, 0.29) is 21.7 Å². The lowest BCUT2D eigenvalue weighted by molar-refractivity contribution is 0.590. The highest BCUT2D eigenvalue weighted by Crippen LogP contribution is 2.56. The minimum Gasteiger partial charge on any atom is -0.456 e. The first kappa shape index (κ1) is 68.6. The van der Waals surface area contributed by atoms with Gasteiger partial charge in [0.1, 0.15) is 11.2 Å². The van der Waals surface area contributed by atoms with Crippen molar-refractivity contribution in [1.29, 1.82) is 0 Å². The van der Waals surface area contributed by atoms with Gasteiger partial charge in [0.05, 0.1) is 44.5 Å². The average Bonchev–Trinajstić information content (AvgIpc) is 1.18. The summed E-state index contributed by atoms with van der Waals surface area (Å²) < 4.78 is 13.2. The van der Waals surface area contributed by atoms with Gasteiger partial charge in [0, 0.05) is 77.6 Å². The maximum absolute atomic E-state index is 8.03. The van der Waals surface area contributed by atoms with Crippen LogP contribution in [0.3, 0.4) is 0 Å². The maximum atomic E-state index is 8.03. The number of para-hydroxylation sites is 3. The predicted molar refractivity (Wildman–Crippen MR) is 478 cm³/mol. The summed E-state index contributed by atoms with van der Waals surface area (Å²) >= 11 is 0. The topological polar surface area (TPSA) is 29.5 Å². The second-order valence-electron chi connectivity index (χ2n) is 35.2. The van der Waals surface area contributed by atoms with Crippen LogP contribution in [0.25, 0.3) is 133 Å². The lowest BCUT2D eigenvalue weighted by Gasteiger charge is -2.46. The Labute approximate surface area is 657 Å². The Bertz CT molecular complexity index is 6560. The number of fused-ring (bicyclic) bond motifs is 14. The molecule has 5 heterocycles. The summed E-state index contributed by atoms with van der Waals surface area (Å²) in [4.78, 5) is 5.38. The Morgan fingerprint density at radius 3 is 1.02 bits per heavy atom. The molecule has 542 valence electrons. The number of anilines is 6. The van der Waals surface area contributed by atoms with Gasteiger partial charge in [-0.2, -0.15) is 0 Å². The van der Waals surface area contributed by atoms with Crippen molar-refractivity contribution < 1.29 is 4.42 Å². The van der Waals surface area contributed by atoms with Crippen molar-refractivity contribution in [1.82, 2.24) is 9.13 Å². The summed E-state index contributed by atoms with van der Waals surface area (Å²) in [5.74, 6) is 0. The third-order valence-electron chi connectivity index (χ3n) is 24.1. The van der Waals surface area contributed by atoms with E-state index in [1.54, 1.807) is 0 Å². The second kappa shape index (κ2) is 25.5. The highest BCUT2D eigenvalue weighted by molar-refractivity contribution is 7.01. The number of aromatic nitrogens is 2. The van der Waals surface area contributed by atoms with E-state index in [2.05, 4.69) is 424 Å². The van der Waals surface area contributed by atoms with Crippen molar-refractivity contribution in [2.24, 2.45) is 0 Å². The van der Waals surface area contributed by atoms with E-state index in [1.165, 1.54) is 49.3 Å². The quantitative estimate of drug-likeness (QED) is 0.135. The molecule has 3 aromatic heterocycles. The van der Waals surface area contributed by atoms with Crippen LogP contribution in [0.4, 0.5) is 34.1 Å². The second-order valence-corrected chi connectivity index (χ2v) is 35.2. The molecule has 6 heteroatoms. The average molecular weight is 1450 g/mol. The van der Waals surface area contributed by atoms with Crippen LogP contribution >= 0.6 is 0 Å². The van der Waals surface area contributed by atoms with Gasteiger partial charge in [-0.05, 0) is 179 Å². The summed E-state index contributed by atoms with van der Waals surface area (Å²) in [6.45, 7) is 27.6. The van der Waals surface area contributed by atoms with Gasteiger partial charge in [-0.3, -0.25) is 0 Å². The molecule has 0 bridgehead atoms. The Morgan fingerprint density at radius 2 is 0.616 bits per heavy atom. The Balaban J connectivity index is 1.00. The van der Waals surface area contributed by atoms with E-state index in [9.17, 15) is 0 Å². The monoisotopic (exact) mass is 1440 g/mol.